The van der Waals surface area contributed by atoms with E-state index in [9.17, 15) is 4.79 Å². The number of rotatable bonds is 7. The molecule has 1 amide bonds. The van der Waals surface area contributed by atoms with E-state index in [-0.39, 0.29) is 5.91 Å². The largest absolute Gasteiger partial charge is 0.497 e. The number of methoxy groups -OCH3 is 1. The van der Waals surface area contributed by atoms with Crippen molar-refractivity contribution in [2.45, 2.75) is 13.5 Å². The topological polar surface area (TPSA) is 74.8 Å². The molecule has 0 aliphatic rings. The molecule has 0 saturated heterocycles. The number of guanidine groups is 1. The van der Waals surface area contributed by atoms with E-state index in [1.807, 2.05) is 6.07 Å². The molecule has 26 heavy (non-hydrogen) atoms. The van der Waals surface area contributed by atoms with Crippen molar-refractivity contribution >= 4 is 11.9 Å². The average molecular weight is 354 g/mol. The van der Waals surface area contributed by atoms with Gasteiger partial charge >= 0.3 is 0 Å². The van der Waals surface area contributed by atoms with E-state index in [1.165, 1.54) is 11.1 Å². The van der Waals surface area contributed by atoms with Crippen LogP contribution in [0.1, 0.15) is 21.5 Å². The molecule has 6 heteroatoms. The van der Waals surface area contributed by atoms with Gasteiger partial charge in [-0.3, -0.25) is 9.79 Å². The highest BCUT2D eigenvalue weighted by Gasteiger charge is 2.05. The predicted molar refractivity (Wildman–Crippen MR) is 105 cm³/mol. The Labute approximate surface area is 154 Å². The summed E-state index contributed by atoms with van der Waals surface area (Å²) in [6, 6.07) is 15.3. The van der Waals surface area contributed by atoms with Crippen molar-refractivity contribution in [3.05, 3.63) is 65.2 Å². The van der Waals surface area contributed by atoms with E-state index >= 15 is 0 Å². The number of carbonyl (C=O) groups excluding carboxylic acids is 1. The van der Waals surface area contributed by atoms with Gasteiger partial charge in [0.1, 0.15) is 5.75 Å². The highest BCUT2D eigenvalue weighted by atomic mass is 16.5. The standard InChI is InChI=1S/C20H26N4O2/c1-15-5-4-6-16(13-15)14-24-20(21-2)23-12-11-22-19(25)17-7-9-18(26-3)10-8-17/h4-10,13H,11-12,14H2,1-3H3,(H,22,25)(H2,21,23,24). The summed E-state index contributed by atoms with van der Waals surface area (Å²) in [6.07, 6.45) is 0. The SMILES string of the molecule is CN=C(NCCNC(=O)c1ccc(OC)cc1)NCc1cccc(C)c1. The smallest absolute Gasteiger partial charge is 0.251 e. The van der Waals surface area contributed by atoms with Gasteiger partial charge < -0.3 is 20.7 Å². The number of hydrogen-bond acceptors (Lipinski definition) is 3. The fourth-order valence-corrected chi connectivity index (χ4v) is 2.43. The number of ether oxygens (including phenoxy) is 1. The van der Waals surface area contributed by atoms with Crippen molar-refractivity contribution < 1.29 is 9.53 Å². The molecule has 2 aromatic carbocycles. The molecule has 0 unspecified atom stereocenters. The lowest BCUT2D eigenvalue weighted by atomic mass is 10.1. The van der Waals surface area contributed by atoms with Crippen LogP contribution in [-0.4, -0.2) is 39.1 Å². The first-order chi connectivity index (χ1) is 12.6. The quantitative estimate of drug-likeness (QED) is 0.404. The lowest BCUT2D eigenvalue weighted by Gasteiger charge is -2.13. The van der Waals surface area contributed by atoms with Crippen LogP contribution in [0.3, 0.4) is 0 Å². The fraction of sp³-hybridized carbons (Fsp3) is 0.300. The summed E-state index contributed by atoms with van der Waals surface area (Å²) in [5.41, 5.74) is 3.03. The maximum absolute atomic E-state index is 12.1. The maximum Gasteiger partial charge on any atom is 0.251 e. The molecule has 0 aromatic heterocycles. The summed E-state index contributed by atoms with van der Waals surface area (Å²) < 4.78 is 5.09. The van der Waals surface area contributed by atoms with E-state index in [4.69, 9.17) is 4.74 Å². The minimum absolute atomic E-state index is 0.114. The first kappa shape index (κ1) is 19.3. The molecule has 2 rings (SSSR count). The van der Waals surface area contributed by atoms with Gasteiger partial charge in [-0.15, -0.1) is 0 Å². The minimum atomic E-state index is -0.114. The highest BCUT2D eigenvalue weighted by molar-refractivity contribution is 5.94. The third kappa shape index (κ3) is 6.12. The van der Waals surface area contributed by atoms with Crippen molar-refractivity contribution in [1.29, 1.82) is 0 Å². The van der Waals surface area contributed by atoms with Crippen LogP contribution in [0.15, 0.2) is 53.5 Å². The second-order valence-electron chi connectivity index (χ2n) is 5.83. The summed E-state index contributed by atoms with van der Waals surface area (Å²) in [6.45, 7) is 3.84. The van der Waals surface area contributed by atoms with Gasteiger partial charge in [-0.1, -0.05) is 29.8 Å². The monoisotopic (exact) mass is 354 g/mol. The molecule has 0 atom stereocenters. The summed E-state index contributed by atoms with van der Waals surface area (Å²) in [4.78, 5) is 16.3. The Morgan fingerprint density at radius 1 is 1.04 bits per heavy atom. The lowest BCUT2D eigenvalue weighted by Crippen LogP contribution is -2.41. The van der Waals surface area contributed by atoms with Crippen LogP contribution in [0, 0.1) is 6.92 Å². The van der Waals surface area contributed by atoms with E-state index in [0.717, 1.165) is 5.75 Å². The Kier molecular flexibility index (Phi) is 7.49. The van der Waals surface area contributed by atoms with E-state index < -0.39 is 0 Å². The first-order valence-electron chi connectivity index (χ1n) is 8.54. The van der Waals surface area contributed by atoms with Crippen molar-refractivity contribution in [2.24, 2.45) is 4.99 Å². The third-order valence-corrected chi connectivity index (χ3v) is 3.82. The van der Waals surface area contributed by atoms with Gasteiger partial charge in [-0.25, -0.2) is 0 Å². The zero-order chi connectivity index (χ0) is 18.8. The summed E-state index contributed by atoms with van der Waals surface area (Å²) in [7, 11) is 3.32. The van der Waals surface area contributed by atoms with Crippen LogP contribution in [0.2, 0.25) is 0 Å². The van der Waals surface area contributed by atoms with Crippen LogP contribution >= 0.6 is 0 Å². The molecule has 138 valence electrons. The molecule has 3 N–H and O–H groups in total. The van der Waals surface area contributed by atoms with E-state index in [1.54, 1.807) is 38.4 Å². The molecular weight excluding hydrogens is 328 g/mol. The van der Waals surface area contributed by atoms with Crippen LogP contribution < -0.4 is 20.7 Å². The van der Waals surface area contributed by atoms with Gasteiger partial charge in [0.25, 0.3) is 5.91 Å². The summed E-state index contributed by atoms with van der Waals surface area (Å²) in [5, 5.41) is 9.31. The van der Waals surface area contributed by atoms with Crippen molar-refractivity contribution in [2.75, 3.05) is 27.2 Å². The van der Waals surface area contributed by atoms with Gasteiger partial charge in [0.15, 0.2) is 5.96 Å². The number of aryl methyl sites for hydroxylation is 1. The van der Waals surface area contributed by atoms with Gasteiger partial charge in [-0.05, 0) is 36.8 Å². The number of amides is 1. The Bertz CT molecular complexity index is 742. The number of hydrogen-bond donors (Lipinski definition) is 3. The fourth-order valence-electron chi connectivity index (χ4n) is 2.43. The molecule has 0 heterocycles. The first-order valence-corrected chi connectivity index (χ1v) is 8.54. The van der Waals surface area contributed by atoms with Crippen LogP contribution in [-0.2, 0) is 6.54 Å². The Morgan fingerprint density at radius 3 is 2.42 bits per heavy atom. The maximum atomic E-state index is 12.1. The molecular formula is C20H26N4O2. The lowest BCUT2D eigenvalue weighted by molar-refractivity contribution is 0.0954. The normalized spacial score (nSPS) is 11.0. The summed E-state index contributed by atoms with van der Waals surface area (Å²) >= 11 is 0. The summed E-state index contributed by atoms with van der Waals surface area (Å²) in [5.74, 6) is 1.31. The number of nitrogens with zero attached hydrogens (tertiary/aromatic N) is 1. The van der Waals surface area contributed by atoms with Crippen LogP contribution in [0.5, 0.6) is 5.75 Å². The molecule has 0 bridgehead atoms. The Balaban J connectivity index is 1.70. The number of aliphatic imine (C=N–C) groups is 1. The van der Waals surface area contributed by atoms with Crippen molar-refractivity contribution in [3.8, 4) is 5.75 Å². The minimum Gasteiger partial charge on any atom is -0.497 e. The average Bonchev–Trinajstić information content (AvgIpc) is 2.67. The molecule has 0 aliphatic carbocycles. The second kappa shape index (κ2) is 10.1. The number of carbonyl (C=O) groups is 1. The van der Waals surface area contributed by atoms with Crippen LogP contribution in [0.4, 0.5) is 0 Å². The van der Waals surface area contributed by atoms with Gasteiger partial charge in [0.05, 0.1) is 7.11 Å². The molecule has 2 aromatic rings. The number of nitrogens with one attached hydrogen (secondary N) is 3. The van der Waals surface area contributed by atoms with Gasteiger partial charge in [0, 0.05) is 32.2 Å². The molecule has 0 radical (unpaired) electrons. The van der Waals surface area contributed by atoms with Gasteiger partial charge in [0.2, 0.25) is 0 Å². The van der Waals surface area contributed by atoms with E-state index in [2.05, 4.69) is 46.1 Å². The zero-order valence-corrected chi connectivity index (χ0v) is 15.5. The molecule has 0 aliphatic heterocycles. The second-order valence-corrected chi connectivity index (χ2v) is 5.83. The molecule has 0 fully saturated rings. The number of benzene rings is 2. The molecule has 6 nitrogen and oxygen atoms in total. The van der Waals surface area contributed by atoms with Crippen molar-refractivity contribution in [3.63, 3.8) is 0 Å². The van der Waals surface area contributed by atoms with Crippen LogP contribution in [0.25, 0.3) is 0 Å². The molecule has 0 saturated carbocycles. The van der Waals surface area contributed by atoms with Gasteiger partial charge in [-0.2, -0.15) is 0 Å². The Morgan fingerprint density at radius 2 is 1.77 bits per heavy atom. The van der Waals surface area contributed by atoms with E-state index in [0.29, 0.717) is 31.2 Å². The predicted octanol–water partition coefficient (Wildman–Crippen LogP) is 2.10. The molecule has 0 spiro atoms. The highest BCUT2D eigenvalue weighted by Crippen LogP contribution is 2.10. The van der Waals surface area contributed by atoms with Crippen molar-refractivity contribution in [1.82, 2.24) is 16.0 Å². The third-order valence-electron chi connectivity index (χ3n) is 3.82. The zero-order valence-electron chi connectivity index (χ0n) is 15.5. The Hall–Kier alpha value is -3.02.